The average Bonchev–Trinajstić information content (AvgIpc) is 2.93. The summed E-state index contributed by atoms with van der Waals surface area (Å²) in [6.45, 7) is 0. The van der Waals surface area contributed by atoms with Crippen LogP contribution in [0.1, 0.15) is 33.7 Å². The molecule has 0 N–H and O–H groups in total. The predicted molar refractivity (Wildman–Crippen MR) is 144 cm³/mol. The SMILES string of the molecule is c1ccc(CCc2ccc(-c3ccc(CC(c4ccccc4)c4ccccc4)cc3)cc2)cc1. The van der Waals surface area contributed by atoms with Gasteiger partial charge in [0.25, 0.3) is 0 Å². The molecular formula is C34H30. The fourth-order valence-corrected chi connectivity index (χ4v) is 4.67. The highest BCUT2D eigenvalue weighted by Gasteiger charge is 2.14. The summed E-state index contributed by atoms with van der Waals surface area (Å²) in [7, 11) is 0. The van der Waals surface area contributed by atoms with Crippen LogP contribution in [0.25, 0.3) is 11.1 Å². The van der Waals surface area contributed by atoms with E-state index in [1.54, 1.807) is 0 Å². The average molecular weight is 439 g/mol. The molecule has 0 bridgehead atoms. The van der Waals surface area contributed by atoms with Crippen LogP contribution in [-0.2, 0) is 19.3 Å². The largest absolute Gasteiger partial charge is 0.0622 e. The van der Waals surface area contributed by atoms with Gasteiger partial charge in [-0.25, -0.2) is 0 Å². The van der Waals surface area contributed by atoms with Gasteiger partial charge >= 0.3 is 0 Å². The minimum atomic E-state index is 0.358. The maximum absolute atomic E-state index is 2.29. The number of hydrogen-bond donors (Lipinski definition) is 0. The summed E-state index contributed by atoms with van der Waals surface area (Å²) < 4.78 is 0. The first-order chi connectivity index (χ1) is 16.8. The highest BCUT2D eigenvalue weighted by Crippen LogP contribution is 2.29. The molecule has 0 aliphatic heterocycles. The first kappa shape index (κ1) is 21.9. The summed E-state index contributed by atoms with van der Waals surface area (Å²) in [4.78, 5) is 0. The molecule has 0 unspecified atom stereocenters. The Morgan fingerprint density at radius 2 is 0.735 bits per heavy atom. The second-order valence-electron chi connectivity index (χ2n) is 8.96. The first-order valence-corrected chi connectivity index (χ1v) is 12.2. The Kier molecular flexibility index (Phi) is 6.97. The number of hydrogen-bond acceptors (Lipinski definition) is 0. The minimum Gasteiger partial charge on any atom is -0.0622 e. The second kappa shape index (κ2) is 10.8. The van der Waals surface area contributed by atoms with Gasteiger partial charge < -0.3 is 0 Å². The lowest BCUT2D eigenvalue weighted by atomic mass is 9.86. The van der Waals surface area contributed by atoms with E-state index in [1.165, 1.54) is 38.9 Å². The zero-order valence-corrected chi connectivity index (χ0v) is 19.5. The summed E-state index contributed by atoms with van der Waals surface area (Å²) in [5.74, 6) is 0.358. The van der Waals surface area contributed by atoms with Crippen LogP contribution in [-0.4, -0.2) is 0 Å². The fourth-order valence-electron chi connectivity index (χ4n) is 4.67. The molecule has 0 amide bonds. The maximum Gasteiger partial charge on any atom is 0.0130 e. The van der Waals surface area contributed by atoms with Crippen molar-refractivity contribution in [3.63, 3.8) is 0 Å². The van der Waals surface area contributed by atoms with Crippen LogP contribution >= 0.6 is 0 Å². The molecule has 0 aliphatic rings. The summed E-state index contributed by atoms with van der Waals surface area (Å²) in [5, 5.41) is 0. The van der Waals surface area contributed by atoms with Gasteiger partial charge in [-0.1, -0.05) is 140 Å². The molecular weight excluding hydrogens is 408 g/mol. The quantitative estimate of drug-likeness (QED) is 0.228. The van der Waals surface area contributed by atoms with Crippen molar-refractivity contribution in [2.45, 2.75) is 25.2 Å². The Bertz CT molecular complexity index is 1230. The zero-order chi connectivity index (χ0) is 23.0. The molecule has 0 saturated carbocycles. The van der Waals surface area contributed by atoms with Gasteiger partial charge in [-0.3, -0.25) is 0 Å². The Morgan fingerprint density at radius 3 is 1.21 bits per heavy atom. The van der Waals surface area contributed by atoms with Crippen LogP contribution in [0.2, 0.25) is 0 Å². The summed E-state index contributed by atoms with van der Waals surface area (Å²) in [6.07, 6.45) is 3.15. The fraction of sp³-hybridized carbons (Fsp3) is 0.118. The molecule has 0 aromatic heterocycles. The molecule has 5 rings (SSSR count). The van der Waals surface area contributed by atoms with Gasteiger partial charge in [-0.2, -0.15) is 0 Å². The normalized spacial score (nSPS) is 11.0. The van der Waals surface area contributed by atoms with E-state index < -0.39 is 0 Å². The maximum atomic E-state index is 2.29. The van der Waals surface area contributed by atoms with Gasteiger partial charge in [0, 0.05) is 5.92 Å². The van der Waals surface area contributed by atoms with Gasteiger partial charge in [0.1, 0.15) is 0 Å². The van der Waals surface area contributed by atoms with Gasteiger partial charge in [-0.05, 0) is 58.2 Å². The van der Waals surface area contributed by atoms with E-state index in [2.05, 4.69) is 140 Å². The third kappa shape index (κ3) is 5.53. The standard InChI is InChI=1S/C34H30/c1-4-10-27(11-5-1)16-17-28-18-22-30(23-19-28)31-24-20-29(21-25-31)26-34(32-12-6-2-7-13-32)33-14-8-3-9-15-33/h1-15,18-25,34H,16-17,26H2. The predicted octanol–water partition coefficient (Wildman–Crippen LogP) is 8.51. The van der Waals surface area contributed by atoms with Crippen molar-refractivity contribution < 1.29 is 0 Å². The van der Waals surface area contributed by atoms with E-state index in [0.717, 1.165) is 19.3 Å². The smallest absolute Gasteiger partial charge is 0.0130 e. The van der Waals surface area contributed by atoms with E-state index in [0.29, 0.717) is 5.92 Å². The lowest BCUT2D eigenvalue weighted by molar-refractivity contribution is 0.805. The van der Waals surface area contributed by atoms with Crippen LogP contribution in [0.3, 0.4) is 0 Å². The van der Waals surface area contributed by atoms with Crippen molar-refractivity contribution in [1.29, 1.82) is 0 Å². The molecule has 0 radical (unpaired) electrons. The van der Waals surface area contributed by atoms with Gasteiger partial charge in [0.15, 0.2) is 0 Å². The van der Waals surface area contributed by atoms with Gasteiger partial charge in [-0.15, -0.1) is 0 Å². The minimum absolute atomic E-state index is 0.358. The van der Waals surface area contributed by atoms with E-state index in [4.69, 9.17) is 0 Å². The lowest BCUT2D eigenvalue weighted by Crippen LogP contribution is -2.05. The molecule has 0 atom stereocenters. The van der Waals surface area contributed by atoms with Gasteiger partial charge in [0.2, 0.25) is 0 Å². The molecule has 0 heterocycles. The van der Waals surface area contributed by atoms with Crippen LogP contribution in [0, 0.1) is 0 Å². The lowest BCUT2D eigenvalue weighted by Gasteiger charge is -2.18. The number of benzene rings is 5. The molecule has 0 saturated heterocycles. The van der Waals surface area contributed by atoms with Crippen molar-refractivity contribution in [2.75, 3.05) is 0 Å². The number of rotatable bonds is 8. The summed E-state index contributed by atoms with van der Waals surface area (Å²) >= 11 is 0. The van der Waals surface area contributed by atoms with Crippen LogP contribution < -0.4 is 0 Å². The Labute approximate surface area is 203 Å². The third-order valence-electron chi connectivity index (χ3n) is 6.63. The Morgan fingerprint density at radius 1 is 0.353 bits per heavy atom. The molecule has 34 heavy (non-hydrogen) atoms. The van der Waals surface area contributed by atoms with Crippen LogP contribution in [0.4, 0.5) is 0 Å². The molecule has 166 valence electrons. The number of aryl methyl sites for hydroxylation is 2. The Balaban J connectivity index is 1.28. The first-order valence-electron chi connectivity index (χ1n) is 12.2. The summed E-state index contributed by atoms with van der Waals surface area (Å²) in [6, 6.07) is 50.6. The monoisotopic (exact) mass is 438 g/mol. The Hall–Kier alpha value is -3.90. The molecule has 0 spiro atoms. The van der Waals surface area contributed by atoms with Crippen LogP contribution in [0.15, 0.2) is 140 Å². The van der Waals surface area contributed by atoms with Crippen molar-refractivity contribution in [1.82, 2.24) is 0 Å². The molecule has 5 aromatic carbocycles. The van der Waals surface area contributed by atoms with E-state index in [-0.39, 0.29) is 0 Å². The van der Waals surface area contributed by atoms with E-state index in [9.17, 15) is 0 Å². The second-order valence-corrected chi connectivity index (χ2v) is 8.96. The molecule has 0 aliphatic carbocycles. The van der Waals surface area contributed by atoms with Crippen molar-refractivity contribution in [3.8, 4) is 11.1 Å². The van der Waals surface area contributed by atoms with Crippen molar-refractivity contribution in [2.24, 2.45) is 0 Å². The van der Waals surface area contributed by atoms with Crippen LogP contribution in [0.5, 0.6) is 0 Å². The van der Waals surface area contributed by atoms with E-state index >= 15 is 0 Å². The highest BCUT2D eigenvalue weighted by molar-refractivity contribution is 5.64. The third-order valence-corrected chi connectivity index (χ3v) is 6.63. The van der Waals surface area contributed by atoms with Crippen molar-refractivity contribution in [3.05, 3.63) is 167 Å². The molecule has 0 fully saturated rings. The zero-order valence-electron chi connectivity index (χ0n) is 19.5. The molecule has 0 nitrogen and oxygen atoms in total. The summed E-state index contributed by atoms with van der Waals surface area (Å²) in [5.41, 5.74) is 9.42. The molecule has 5 aromatic rings. The van der Waals surface area contributed by atoms with Crippen molar-refractivity contribution >= 4 is 0 Å². The highest BCUT2D eigenvalue weighted by atomic mass is 14.2. The topological polar surface area (TPSA) is 0 Å². The van der Waals surface area contributed by atoms with Gasteiger partial charge in [0.05, 0.1) is 0 Å². The van der Waals surface area contributed by atoms with E-state index in [1.807, 2.05) is 0 Å². The molecule has 0 heteroatoms.